The monoisotopic (exact) mass is 408 g/mol. The van der Waals surface area contributed by atoms with Crippen LogP contribution in [0, 0.1) is 0 Å². The molecular formula is C23H28N4O3. The molecule has 7 nitrogen and oxygen atoms in total. The van der Waals surface area contributed by atoms with Crippen LogP contribution in [0.4, 0.5) is 0 Å². The van der Waals surface area contributed by atoms with Gasteiger partial charge in [0.05, 0.1) is 32.9 Å². The van der Waals surface area contributed by atoms with Gasteiger partial charge >= 0.3 is 0 Å². The van der Waals surface area contributed by atoms with Gasteiger partial charge in [-0.2, -0.15) is 5.10 Å². The van der Waals surface area contributed by atoms with Gasteiger partial charge in [-0.25, -0.2) is 0 Å². The molecule has 1 aliphatic rings. The van der Waals surface area contributed by atoms with Gasteiger partial charge in [-0.3, -0.25) is 14.4 Å². The van der Waals surface area contributed by atoms with E-state index in [1.165, 1.54) is 0 Å². The lowest BCUT2D eigenvalue weighted by Crippen LogP contribution is -2.38. The first-order valence-corrected chi connectivity index (χ1v) is 10.4. The van der Waals surface area contributed by atoms with Gasteiger partial charge in [0.25, 0.3) is 5.91 Å². The van der Waals surface area contributed by atoms with Crippen LogP contribution in [-0.4, -0.2) is 60.5 Å². The van der Waals surface area contributed by atoms with Crippen molar-refractivity contribution in [1.82, 2.24) is 20.0 Å². The van der Waals surface area contributed by atoms with Crippen molar-refractivity contribution in [3.63, 3.8) is 0 Å². The highest BCUT2D eigenvalue weighted by atomic mass is 16.5. The van der Waals surface area contributed by atoms with Gasteiger partial charge in [-0.1, -0.05) is 42.5 Å². The first-order valence-electron chi connectivity index (χ1n) is 10.4. The molecule has 0 radical (unpaired) electrons. The number of nitrogens with zero attached hydrogens (tertiary/aromatic N) is 3. The Morgan fingerprint density at radius 3 is 2.63 bits per heavy atom. The fourth-order valence-corrected chi connectivity index (χ4v) is 3.85. The SMILES string of the molecule is COc1cccc2c(C(=O)N[C@H](C)c3ccccc3)nn(CCN3CCOCC3)c12. The standard InChI is InChI=1S/C23H28N4O3/c1-17(18-7-4-3-5-8-18)24-23(28)21-19-9-6-10-20(29-2)22(19)27(25-21)12-11-26-13-15-30-16-14-26/h3-10,17H,11-16H2,1-2H3,(H,24,28)/t17-/m1/s1. The summed E-state index contributed by atoms with van der Waals surface area (Å²) >= 11 is 0. The molecule has 158 valence electrons. The van der Waals surface area contributed by atoms with E-state index in [9.17, 15) is 4.79 Å². The number of morpholine rings is 1. The van der Waals surface area contributed by atoms with E-state index in [0.29, 0.717) is 12.2 Å². The molecule has 1 aromatic heterocycles. The third kappa shape index (κ3) is 4.32. The molecule has 4 rings (SSSR count). The lowest BCUT2D eigenvalue weighted by molar-refractivity contribution is 0.0361. The number of amides is 1. The third-order valence-electron chi connectivity index (χ3n) is 5.55. The van der Waals surface area contributed by atoms with Crippen molar-refractivity contribution < 1.29 is 14.3 Å². The van der Waals surface area contributed by atoms with E-state index in [0.717, 1.165) is 55.1 Å². The fraction of sp³-hybridized carbons (Fsp3) is 0.391. The van der Waals surface area contributed by atoms with Crippen molar-refractivity contribution in [2.45, 2.75) is 19.5 Å². The summed E-state index contributed by atoms with van der Waals surface area (Å²) in [5.74, 6) is 0.534. The molecule has 1 aliphatic heterocycles. The fourth-order valence-electron chi connectivity index (χ4n) is 3.85. The summed E-state index contributed by atoms with van der Waals surface area (Å²) in [7, 11) is 1.64. The summed E-state index contributed by atoms with van der Waals surface area (Å²) in [5.41, 5.74) is 2.33. The number of hydrogen-bond acceptors (Lipinski definition) is 5. The van der Waals surface area contributed by atoms with Crippen LogP contribution in [0.15, 0.2) is 48.5 Å². The number of benzene rings is 2. The Morgan fingerprint density at radius 2 is 1.90 bits per heavy atom. The average molecular weight is 409 g/mol. The number of fused-ring (bicyclic) bond motifs is 1. The zero-order chi connectivity index (χ0) is 20.9. The first kappa shape index (κ1) is 20.4. The van der Waals surface area contributed by atoms with Crippen LogP contribution < -0.4 is 10.1 Å². The molecule has 1 fully saturated rings. The smallest absolute Gasteiger partial charge is 0.272 e. The van der Waals surface area contributed by atoms with E-state index in [1.54, 1.807) is 7.11 Å². The van der Waals surface area contributed by atoms with Gasteiger partial charge in [0.15, 0.2) is 5.69 Å². The average Bonchev–Trinajstić information content (AvgIpc) is 3.18. The third-order valence-corrected chi connectivity index (χ3v) is 5.55. The minimum Gasteiger partial charge on any atom is -0.494 e. The first-order chi connectivity index (χ1) is 14.7. The number of hydrogen-bond donors (Lipinski definition) is 1. The van der Waals surface area contributed by atoms with Crippen LogP contribution in [0.25, 0.3) is 10.9 Å². The van der Waals surface area contributed by atoms with Gasteiger partial charge < -0.3 is 14.8 Å². The molecule has 0 aliphatic carbocycles. The molecule has 0 unspecified atom stereocenters. The van der Waals surface area contributed by atoms with Crippen molar-refractivity contribution in [3.8, 4) is 5.75 Å². The molecule has 1 atom stereocenters. The molecule has 1 saturated heterocycles. The van der Waals surface area contributed by atoms with Crippen LogP contribution in [0.3, 0.4) is 0 Å². The molecule has 1 amide bonds. The number of para-hydroxylation sites is 1. The maximum atomic E-state index is 13.1. The predicted molar refractivity (Wildman–Crippen MR) is 116 cm³/mol. The summed E-state index contributed by atoms with van der Waals surface area (Å²) < 4.78 is 12.9. The molecule has 7 heteroatoms. The van der Waals surface area contributed by atoms with Crippen molar-refractivity contribution in [3.05, 3.63) is 59.8 Å². The Balaban J connectivity index is 1.60. The molecule has 0 bridgehead atoms. The van der Waals surface area contributed by atoms with Crippen molar-refractivity contribution >= 4 is 16.8 Å². The van der Waals surface area contributed by atoms with Gasteiger partial charge in [-0.15, -0.1) is 0 Å². The number of carbonyl (C=O) groups is 1. The molecule has 0 spiro atoms. The second-order valence-electron chi connectivity index (χ2n) is 7.49. The van der Waals surface area contributed by atoms with E-state index in [2.05, 4.69) is 10.2 Å². The van der Waals surface area contributed by atoms with Crippen LogP contribution in [0.1, 0.15) is 29.0 Å². The van der Waals surface area contributed by atoms with Gasteiger partial charge in [0.1, 0.15) is 11.3 Å². The summed E-state index contributed by atoms with van der Waals surface area (Å²) in [5, 5.41) is 8.57. The van der Waals surface area contributed by atoms with Gasteiger partial charge in [0.2, 0.25) is 0 Å². The molecule has 3 aromatic rings. The quantitative estimate of drug-likeness (QED) is 0.651. The number of nitrogens with one attached hydrogen (secondary N) is 1. The van der Waals surface area contributed by atoms with E-state index in [1.807, 2.05) is 60.1 Å². The van der Waals surface area contributed by atoms with Crippen molar-refractivity contribution in [1.29, 1.82) is 0 Å². The maximum Gasteiger partial charge on any atom is 0.272 e. The minimum absolute atomic E-state index is 0.113. The number of ether oxygens (including phenoxy) is 2. The number of rotatable bonds is 7. The minimum atomic E-state index is -0.185. The zero-order valence-electron chi connectivity index (χ0n) is 17.5. The van der Waals surface area contributed by atoms with Crippen molar-refractivity contribution in [2.75, 3.05) is 40.0 Å². The van der Waals surface area contributed by atoms with E-state index in [-0.39, 0.29) is 11.9 Å². The van der Waals surface area contributed by atoms with Crippen LogP contribution in [0.2, 0.25) is 0 Å². The lowest BCUT2D eigenvalue weighted by Gasteiger charge is -2.26. The number of carbonyl (C=O) groups excluding carboxylic acids is 1. The Kier molecular flexibility index (Phi) is 6.30. The van der Waals surface area contributed by atoms with E-state index >= 15 is 0 Å². The topological polar surface area (TPSA) is 68.6 Å². The molecular weight excluding hydrogens is 380 g/mol. The normalized spacial score (nSPS) is 15.8. The summed E-state index contributed by atoms with van der Waals surface area (Å²) in [4.78, 5) is 15.5. The Bertz CT molecular complexity index is 996. The molecule has 2 aromatic carbocycles. The summed E-state index contributed by atoms with van der Waals surface area (Å²) in [6.45, 7) is 6.85. The highest BCUT2D eigenvalue weighted by Crippen LogP contribution is 2.28. The Labute approximate surface area is 176 Å². The summed E-state index contributed by atoms with van der Waals surface area (Å²) in [6, 6.07) is 15.5. The maximum absolute atomic E-state index is 13.1. The molecule has 0 saturated carbocycles. The number of aromatic nitrogens is 2. The highest BCUT2D eigenvalue weighted by molar-refractivity contribution is 6.06. The second kappa shape index (κ2) is 9.28. The number of methoxy groups -OCH3 is 1. The van der Waals surface area contributed by atoms with Crippen LogP contribution in [-0.2, 0) is 11.3 Å². The Morgan fingerprint density at radius 1 is 1.13 bits per heavy atom. The Hall–Kier alpha value is -2.90. The predicted octanol–water partition coefficient (Wildman–Crippen LogP) is 2.87. The van der Waals surface area contributed by atoms with Crippen molar-refractivity contribution in [2.24, 2.45) is 0 Å². The molecule has 1 N–H and O–H groups in total. The molecule has 30 heavy (non-hydrogen) atoms. The van der Waals surface area contributed by atoms with Gasteiger partial charge in [0, 0.05) is 25.0 Å². The van der Waals surface area contributed by atoms with E-state index < -0.39 is 0 Å². The summed E-state index contributed by atoms with van der Waals surface area (Å²) in [6.07, 6.45) is 0. The van der Waals surface area contributed by atoms with Crippen LogP contribution >= 0.6 is 0 Å². The molecule has 2 heterocycles. The zero-order valence-corrected chi connectivity index (χ0v) is 17.5. The lowest BCUT2D eigenvalue weighted by atomic mass is 10.1. The van der Waals surface area contributed by atoms with Gasteiger partial charge in [-0.05, 0) is 18.6 Å². The second-order valence-corrected chi connectivity index (χ2v) is 7.49. The highest BCUT2D eigenvalue weighted by Gasteiger charge is 2.22. The largest absolute Gasteiger partial charge is 0.494 e. The van der Waals surface area contributed by atoms with Crippen LogP contribution in [0.5, 0.6) is 5.75 Å². The van der Waals surface area contributed by atoms with E-state index in [4.69, 9.17) is 14.6 Å².